The first kappa shape index (κ1) is 16.8. The van der Waals surface area contributed by atoms with Crippen molar-refractivity contribution >= 4 is 17.7 Å². The lowest BCUT2D eigenvalue weighted by Crippen LogP contribution is -2.37. The van der Waals surface area contributed by atoms with E-state index in [2.05, 4.69) is 20.0 Å². The Morgan fingerprint density at radius 1 is 1.21 bits per heavy atom. The van der Waals surface area contributed by atoms with Gasteiger partial charge in [-0.2, -0.15) is 29.9 Å². The molecule has 24 heavy (non-hydrogen) atoms. The highest BCUT2D eigenvalue weighted by Gasteiger charge is 2.38. The lowest BCUT2D eigenvalue weighted by atomic mass is 10.1. The van der Waals surface area contributed by atoms with Gasteiger partial charge in [-0.25, -0.2) is 0 Å². The number of amides is 1. The summed E-state index contributed by atoms with van der Waals surface area (Å²) in [6, 6.07) is 6.23. The maximum atomic E-state index is 12.5. The Balaban J connectivity index is 1.68. The van der Waals surface area contributed by atoms with Crippen LogP contribution in [0.5, 0.6) is 0 Å². The lowest BCUT2D eigenvalue weighted by Gasteiger charge is -2.22. The third-order valence-electron chi connectivity index (χ3n) is 3.63. The third-order valence-corrected chi connectivity index (χ3v) is 4.68. The van der Waals surface area contributed by atoms with E-state index < -0.39 is 12.1 Å². The summed E-state index contributed by atoms with van der Waals surface area (Å²) >= 11 is 1.87. The maximum absolute atomic E-state index is 12.5. The molecule has 1 fully saturated rings. The minimum Gasteiger partial charge on any atom is -0.349 e. The molecular formula is C15H14F3N3O2S. The smallest absolute Gasteiger partial charge is 0.349 e. The molecule has 0 spiro atoms. The molecule has 1 aliphatic heterocycles. The fourth-order valence-corrected chi connectivity index (χ4v) is 3.44. The summed E-state index contributed by atoms with van der Waals surface area (Å²) in [7, 11) is 0. The summed E-state index contributed by atoms with van der Waals surface area (Å²) in [5.74, 6) is 0.308. The molecule has 1 N–H and O–H groups in total. The molecule has 5 nitrogen and oxygen atoms in total. The first-order valence-electron chi connectivity index (χ1n) is 7.33. The summed E-state index contributed by atoms with van der Waals surface area (Å²) in [4.78, 5) is 15.5. The Labute approximate surface area is 140 Å². The van der Waals surface area contributed by atoms with E-state index in [0.29, 0.717) is 11.1 Å². The van der Waals surface area contributed by atoms with Gasteiger partial charge in [0.25, 0.3) is 5.91 Å². The van der Waals surface area contributed by atoms with Crippen LogP contribution in [0.2, 0.25) is 0 Å². The van der Waals surface area contributed by atoms with Crippen molar-refractivity contribution in [3.05, 3.63) is 35.7 Å². The van der Waals surface area contributed by atoms with E-state index in [1.54, 1.807) is 0 Å². The number of nitrogens with one attached hydrogen (secondary N) is 1. The van der Waals surface area contributed by atoms with Crippen molar-refractivity contribution in [2.45, 2.75) is 25.1 Å². The Morgan fingerprint density at radius 2 is 1.88 bits per heavy atom. The average molecular weight is 357 g/mol. The van der Waals surface area contributed by atoms with Crippen LogP contribution in [0.3, 0.4) is 0 Å². The zero-order valence-electron chi connectivity index (χ0n) is 12.5. The van der Waals surface area contributed by atoms with Gasteiger partial charge < -0.3 is 9.84 Å². The van der Waals surface area contributed by atoms with Gasteiger partial charge in [0.05, 0.1) is 0 Å². The minimum absolute atomic E-state index is 0.168. The molecule has 1 saturated heterocycles. The molecule has 128 valence electrons. The van der Waals surface area contributed by atoms with Gasteiger partial charge in [0, 0.05) is 17.2 Å². The van der Waals surface area contributed by atoms with Gasteiger partial charge in [0.15, 0.2) is 0 Å². The van der Waals surface area contributed by atoms with Crippen LogP contribution in [0.4, 0.5) is 13.2 Å². The van der Waals surface area contributed by atoms with Crippen LogP contribution in [0.15, 0.2) is 28.8 Å². The van der Waals surface area contributed by atoms with Crippen molar-refractivity contribution in [1.82, 2.24) is 15.5 Å². The number of thioether (sulfide) groups is 1. The molecule has 0 unspecified atom stereocenters. The van der Waals surface area contributed by atoms with E-state index in [1.807, 2.05) is 11.8 Å². The third kappa shape index (κ3) is 3.89. The molecule has 0 bridgehead atoms. The standard InChI is InChI=1S/C15H14F3N3O2S/c16-15(17,18)14-20-12(21-23-14)9-1-3-10(4-2-9)13(22)19-11-5-7-24-8-6-11/h1-4,11H,5-8H2,(H,19,22). The number of rotatable bonds is 3. The van der Waals surface area contributed by atoms with Gasteiger partial charge in [0.1, 0.15) is 0 Å². The van der Waals surface area contributed by atoms with Gasteiger partial charge in [0.2, 0.25) is 5.82 Å². The minimum atomic E-state index is -4.68. The molecule has 0 saturated carbocycles. The van der Waals surface area contributed by atoms with Gasteiger partial charge in [-0.15, -0.1) is 0 Å². The topological polar surface area (TPSA) is 68.0 Å². The van der Waals surface area contributed by atoms with E-state index in [9.17, 15) is 18.0 Å². The summed E-state index contributed by atoms with van der Waals surface area (Å²) in [6.07, 6.45) is -2.79. The summed E-state index contributed by atoms with van der Waals surface area (Å²) < 4.78 is 41.6. The van der Waals surface area contributed by atoms with Gasteiger partial charge in [-0.3, -0.25) is 4.79 Å². The van der Waals surface area contributed by atoms with Crippen LogP contribution in [0.25, 0.3) is 11.4 Å². The van der Waals surface area contributed by atoms with Crippen molar-refractivity contribution in [2.75, 3.05) is 11.5 Å². The van der Waals surface area contributed by atoms with Crippen LogP contribution in [0.1, 0.15) is 29.1 Å². The Hall–Kier alpha value is -2.03. The number of alkyl halides is 3. The van der Waals surface area contributed by atoms with Crippen molar-refractivity contribution in [3.63, 3.8) is 0 Å². The molecule has 1 amide bonds. The number of benzene rings is 1. The fourth-order valence-electron chi connectivity index (χ4n) is 2.34. The normalized spacial score (nSPS) is 16.1. The molecule has 2 heterocycles. The highest BCUT2D eigenvalue weighted by atomic mass is 32.2. The molecule has 9 heteroatoms. The van der Waals surface area contributed by atoms with Crippen LogP contribution in [0, 0.1) is 0 Å². The number of carbonyl (C=O) groups excluding carboxylic acids is 1. The molecule has 1 aliphatic rings. The maximum Gasteiger partial charge on any atom is 0.471 e. The van der Waals surface area contributed by atoms with Gasteiger partial charge in [-0.1, -0.05) is 17.3 Å². The monoisotopic (exact) mass is 357 g/mol. The second-order valence-electron chi connectivity index (χ2n) is 5.36. The molecule has 2 aromatic rings. The molecule has 0 atom stereocenters. The Morgan fingerprint density at radius 3 is 2.46 bits per heavy atom. The number of nitrogens with zero attached hydrogens (tertiary/aromatic N) is 2. The number of carbonyl (C=O) groups is 1. The number of hydrogen-bond acceptors (Lipinski definition) is 5. The van der Waals surface area contributed by atoms with Crippen molar-refractivity contribution in [1.29, 1.82) is 0 Å². The first-order chi connectivity index (χ1) is 11.4. The number of aromatic nitrogens is 2. The number of hydrogen-bond donors (Lipinski definition) is 1. The van der Waals surface area contributed by atoms with Gasteiger partial charge >= 0.3 is 12.1 Å². The second kappa shape index (κ2) is 6.84. The zero-order chi connectivity index (χ0) is 17.2. The molecule has 3 rings (SSSR count). The first-order valence-corrected chi connectivity index (χ1v) is 8.49. The largest absolute Gasteiger partial charge is 0.471 e. The molecule has 0 aliphatic carbocycles. The molecule has 0 radical (unpaired) electrons. The average Bonchev–Trinajstić information content (AvgIpc) is 3.06. The van der Waals surface area contributed by atoms with Crippen molar-refractivity contribution in [2.24, 2.45) is 0 Å². The molecule has 1 aromatic heterocycles. The van der Waals surface area contributed by atoms with Crippen LogP contribution in [-0.4, -0.2) is 33.6 Å². The van der Waals surface area contributed by atoms with Crippen LogP contribution in [-0.2, 0) is 6.18 Å². The van der Waals surface area contributed by atoms with E-state index in [1.165, 1.54) is 24.3 Å². The highest BCUT2D eigenvalue weighted by molar-refractivity contribution is 7.99. The van der Waals surface area contributed by atoms with E-state index in [4.69, 9.17) is 0 Å². The summed E-state index contributed by atoms with van der Waals surface area (Å²) in [6.45, 7) is 0. The van der Waals surface area contributed by atoms with Crippen LogP contribution >= 0.6 is 11.8 Å². The van der Waals surface area contributed by atoms with Crippen molar-refractivity contribution in [3.8, 4) is 11.4 Å². The lowest BCUT2D eigenvalue weighted by molar-refractivity contribution is -0.159. The van der Waals surface area contributed by atoms with Crippen LogP contribution < -0.4 is 5.32 Å². The molecule has 1 aromatic carbocycles. The van der Waals surface area contributed by atoms with Gasteiger partial charge in [-0.05, 0) is 36.5 Å². The number of halogens is 3. The SMILES string of the molecule is O=C(NC1CCSCC1)c1ccc(-c2noc(C(F)(F)F)n2)cc1. The zero-order valence-corrected chi connectivity index (χ0v) is 13.3. The fraction of sp³-hybridized carbons (Fsp3) is 0.400. The van der Waals surface area contributed by atoms with E-state index >= 15 is 0 Å². The Bertz CT molecular complexity index is 709. The van der Waals surface area contributed by atoms with E-state index in [-0.39, 0.29) is 17.8 Å². The quantitative estimate of drug-likeness (QED) is 0.912. The van der Waals surface area contributed by atoms with Crippen molar-refractivity contribution < 1.29 is 22.5 Å². The Kier molecular flexibility index (Phi) is 4.79. The predicted molar refractivity (Wildman–Crippen MR) is 82.5 cm³/mol. The highest BCUT2D eigenvalue weighted by Crippen LogP contribution is 2.29. The second-order valence-corrected chi connectivity index (χ2v) is 6.58. The van der Waals surface area contributed by atoms with E-state index in [0.717, 1.165) is 24.3 Å². The predicted octanol–water partition coefficient (Wildman–Crippen LogP) is 3.38. The summed E-state index contributed by atoms with van der Waals surface area (Å²) in [5, 5.41) is 6.28. The summed E-state index contributed by atoms with van der Waals surface area (Å²) in [5.41, 5.74) is 0.788. The molecular weight excluding hydrogens is 343 g/mol.